The lowest BCUT2D eigenvalue weighted by Crippen LogP contribution is -2.32. The van der Waals surface area contributed by atoms with E-state index in [1.165, 1.54) is 0 Å². The molecule has 32 heavy (non-hydrogen) atoms. The molecule has 1 heterocycles. The van der Waals surface area contributed by atoms with Crippen molar-refractivity contribution < 1.29 is 18.9 Å². The van der Waals surface area contributed by atoms with Crippen LogP contribution >= 0.6 is 34.8 Å². The molecule has 0 saturated heterocycles. The Morgan fingerprint density at radius 3 is 2.56 bits per heavy atom. The number of carbonyl (C=O) groups excluding carboxylic acids is 1. The van der Waals surface area contributed by atoms with Crippen molar-refractivity contribution in [2.75, 3.05) is 25.9 Å². The van der Waals surface area contributed by atoms with E-state index < -0.39 is 5.91 Å². The molecule has 4 N–H and O–H groups in total. The highest BCUT2D eigenvalue weighted by atomic mass is 35.5. The quantitative estimate of drug-likeness (QED) is 0.360. The summed E-state index contributed by atoms with van der Waals surface area (Å²) in [5.41, 5.74) is 7.09. The molecule has 0 aliphatic carbocycles. The summed E-state index contributed by atoms with van der Waals surface area (Å²) < 4.78 is 15.7. The van der Waals surface area contributed by atoms with E-state index in [9.17, 15) is 4.79 Å². The smallest absolute Gasteiger partial charge is 0.277 e. The number of aromatic nitrogens is 2. The summed E-state index contributed by atoms with van der Waals surface area (Å²) in [5, 5.41) is 14.1. The normalized spacial score (nSPS) is 10.8. The second kappa shape index (κ2) is 11.2. The Bertz CT molecular complexity index is 1090. The van der Waals surface area contributed by atoms with E-state index in [1.54, 1.807) is 31.4 Å². The number of hydrogen-bond acceptors (Lipinski definition) is 8. The Morgan fingerprint density at radius 2 is 1.88 bits per heavy atom. The van der Waals surface area contributed by atoms with Crippen LogP contribution in [-0.2, 0) is 13.2 Å². The van der Waals surface area contributed by atoms with Gasteiger partial charge in [0.1, 0.15) is 6.61 Å². The molecule has 1 aromatic heterocycles. The average molecular weight is 501 g/mol. The molecule has 0 atom stereocenters. The fourth-order valence-electron chi connectivity index (χ4n) is 2.70. The molecule has 12 heteroatoms. The first kappa shape index (κ1) is 23.9. The van der Waals surface area contributed by atoms with Gasteiger partial charge in [0.05, 0.1) is 17.2 Å². The van der Waals surface area contributed by atoms with Gasteiger partial charge in [-0.2, -0.15) is 0 Å². The highest BCUT2D eigenvalue weighted by molar-refractivity contribution is 6.42. The second-order valence-corrected chi connectivity index (χ2v) is 7.78. The first-order chi connectivity index (χ1) is 15.4. The molecular formula is C20H20Cl3N5O4. The van der Waals surface area contributed by atoms with E-state index in [2.05, 4.69) is 25.6 Å². The number of nitrogen functional groups attached to an aromatic ring is 1. The predicted octanol–water partition coefficient (Wildman–Crippen LogP) is 3.72. The maximum atomic E-state index is 11.9. The average Bonchev–Trinajstić information content (AvgIpc) is 3.21. The minimum atomic E-state index is -0.464. The Labute approximate surface area is 199 Å². The highest BCUT2D eigenvalue weighted by Crippen LogP contribution is 2.34. The van der Waals surface area contributed by atoms with Gasteiger partial charge in [0, 0.05) is 30.7 Å². The van der Waals surface area contributed by atoms with Gasteiger partial charge in [-0.05, 0) is 39.6 Å². The van der Waals surface area contributed by atoms with Crippen molar-refractivity contribution in [3.05, 3.63) is 62.2 Å². The van der Waals surface area contributed by atoms with Gasteiger partial charge < -0.3 is 25.8 Å². The van der Waals surface area contributed by atoms with E-state index in [0.717, 1.165) is 11.1 Å². The fourth-order valence-corrected chi connectivity index (χ4v) is 3.24. The number of amides is 1. The van der Waals surface area contributed by atoms with Gasteiger partial charge in [0.15, 0.2) is 11.5 Å². The number of nitrogens with two attached hydrogens (primary N) is 1. The summed E-state index contributed by atoms with van der Waals surface area (Å²) in [6, 6.07) is 8.76. The third-order valence-electron chi connectivity index (χ3n) is 4.34. The van der Waals surface area contributed by atoms with Crippen LogP contribution in [-0.4, -0.2) is 36.4 Å². The van der Waals surface area contributed by atoms with Gasteiger partial charge in [-0.3, -0.25) is 4.79 Å². The Hall–Kier alpha value is -2.72. The van der Waals surface area contributed by atoms with Crippen molar-refractivity contribution >= 4 is 46.5 Å². The zero-order valence-electron chi connectivity index (χ0n) is 17.0. The number of benzene rings is 2. The number of halogens is 3. The minimum Gasteiger partial charge on any atom is -0.493 e. The van der Waals surface area contributed by atoms with Crippen LogP contribution in [0, 0.1) is 0 Å². The summed E-state index contributed by atoms with van der Waals surface area (Å²) in [5.74, 6) is 0.511. The molecule has 1 amide bonds. The number of hydrogen-bond donors (Lipinski definition) is 3. The molecule has 3 aromatic rings. The lowest BCUT2D eigenvalue weighted by atomic mass is 10.2. The molecule has 0 spiro atoms. The van der Waals surface area contributed by atoms with Crippen molar-refractivity contribution in [2.24, 2.45) is 0 Å². The molecule has 0 bridgehead atoms. The Balaban J connectivity index is 1.52. The van der Waals surface area contributed by atoms with Gasteiger partial charge in [0.25, 0.3) is 5.91 Å². The molecule has 0 aliphatic heterocycles. The van der Waals surface area contributed by atoms with Crippen LogP contribution in [0.1, 0.15) is 21.6 Å². The molecule has 3 rings (SSSR count). The third kappa shape index (κ3) is 6.17. The molecule has 0 aliphatic rings. The van der Waals surface area contributed by atoms with Gasteiger partial charge in [-0.25, -0.2) is 4.63 Å². The lowest BCUT2D eigenvalue weighted by molar-refractivity contribution is 0.0944. The summed E-state index contributed by atoms with van der Waals surface area (Å²) in [6.45, 7) is 1.54. The first-order valence-electron chi connectivity index (χ1n) is 9.39. The zero-order valence-corrected chi connectivity index (χ0v) is 19.2. The van der Waals surface area contributed by atoms with Crippen LogP contribution in [0.4, 0.5) is 5.82 Å². The second-order valence-electron chi connectivity index (χ2n) is 6.56. The van der Waals surface area contributed by atoms with Crippen molar-refractivity contribution in [3.63, 3.8) is 0 Å². The fraction of sp³-hybridized carbons (Fsp3) is 0.250. The van der Waals surface area contributed by atoms with Gasteiger partial charge in [-0.15, -0.1) is 0 Å². The first-order valence-corrected chi connectivity index (χ1v) is 10.5. The Morgan fingerprint density at radius 1 is 1.06 bits per heavy atom. The molecule has 0 fully saturated rings. The zero-order chi connectivity index (χ0) is 23.1. The minimum absolute atomic E-state index is 0.0470. The molecule has 0 radical (unpaired) electrons. The number of carbonyl (C=O) groups is 1. The van der Waals surface area contributed by atoms with Crippen molar-refractivity contribution in [2.45, 2.75) is 13.2 Å². The van der Waals surface area contributed by atoms with Crippen LogP contribution in [0.15, 0.2) is 35.0 Å². The van der Waals surface area contributed by atoms with Crippen molar-refractivity contribution in [3.8, 4) is 11.5 Å². The van der Waals surface area contributed by atoms with E-state index in [-0.39, 0.29) is 18.1 Å². The van der Waals surface area contributed by atoms with E-state index in [0.29, 0.717) is 46.2 Å². The number of anilines is 1. The standard InChI is InChI=1S/C20H20Cl3N5O4/c1-30-16-7-12(9-25-4-5-26-20(29)18-19(24)28-32-27-18)14(22)8-17(16)31-10-11-2-3-13(21)15(23)6-11/h2-3,6-8,25H,4-5,9-10H2,1H3,(H2,24,28)(H,26,29). The number of nitrogens with zero attached hydrogens (tertiary/aromatic N) is 2. The summed E-state index contributed by atoms with van der Waals surface area (Å²) in [7, 11) is 1.55. The van der Waals surface area contributed by atoms with Crippen LogP contribution < -0.4 is 25.8 Å². The van der Waals surface area contributed by atoms with E-state index >= 15 is 0 Å². The number of ether oxygens (including phenoxy) is 2. The van der Waals surface area contributed by atoms with Gasteiger partial charge >= 0.3 is 0 Å². The number of rotatable bonds is 10. The van der Waals surface area contributed by atoms with E-state index in [4.69, 9.17) is 50.0 Å². The molecule has 9 nitrogen and oxygen atoms in total. The van der Waals surface area contributed by atoms with Crippen LogP contribution in [0.2, 0.25) is 15.1 Å². The number of nitrogens with one attached hydrogen (secondary N) is 2. The number of methoxy groups -OCH3 is 1. The van der Waals surface area contributed by atoms with Gasteiger partial charge in [-0.1, -0.05) is 40.9 Å². The van der Waals surface area contributed by atoms with Crippen molar-refractivity contribution in [1.29, 1.82) is 0 Å². The molecule has 0 saturated carbocycles. The summed E-state index contributed by atoms with van der Waals surface area (Å²) in [6.07, 6.45) is 0. The molecule has 2 aromatic carbocycles. The maximum absolute atomic E-state index is 11.9. The largest absolute Gasteiger partial charge is 0.493 e. The maximum Gasteiger partial charge on any atom is 0.277 e. The molecular weight excluding hydrogens is 481 g/mol. The van der Waals surface area contributed by atoms with Crippen LogP contribution in [0.25, 0.3) is 0 Å². The predicted molar refractivity (Wildman–Crippen MR) is 122 cm³/mol. The van der Waals surface area contributed by atoms with Crippen LogP contribution in [0.3, 0.4) is 0 Å². The lowest BCUT2D eigenvalue weighted by Gasteiger charge is -2.15. The molecule has 0 unspecified atom stereocenters. The monoisotopic (exact) mass is 499 g/mol. The van der Waals surface area contributed by atoms with Crippen molar-refractivity contribution in [1.82, 2.24) is 20.9 Å². The highest BCUT2D eigenvalue weighted by Gasteiger charge is 2.15. The summed E-state index contributed by atoms with van der Waals surface area (Å²) in [4.78, 5) is 11.9. The topological polar surface area (TPSA) is 125 Å². The van der Waals surface area contributed by atoms with Gasteiger partial charge in [0.2, 0.25) is 11.5 Å². The van der Waals surface area contributed by atoms with Crippen LogP contribution in [0.5, 0.6) is 11.5 Å². The Kier molecular flexibility index (Phi) is 8.40. The van der Waals surface area contributed by atoms with E-state index in [1.807, 2.05) is 6.07 Å². The SMILES string of the molecule is COc1cc(CNCCNC(=O)c2nonc2N)c(Cl)cc1OCc1ccc(Cl)c(Cl)c1. The molecule has 170 valence electrons. The third-order valence-corrected chi connectivity index (χ3v) is 5.43. The summed E-state index contributed by atoms with van der Waals surface area (Å²) >= 11 is 18.4.